The maximum Gasteiger partial charge on any atom is 0.269 e. The average molecular weight is 253 g/mol. The Kier molecular flexibility index (Phi) is 2.56. The molecule has 2 aliphatic rings. The topological polar surface area (TPSA) is 52.4 Å². The van der Waals surface area contributed by atoms with Gasteiger partial charge in [-0.3, -0.25) is 10.1 Å². The number of nitro benzene ring substituents is 1. The van der Waals surface area contributed by atoms with Crippen LogP contribution in [0.3, 0.4) is 0 Å². The molecule has 94 valence electrons. The minimum absolute atomic E-state index is 0.0952. The summed E-state index contributed by atoms with van der Waals surface area (Å²) < 4.78 is 5.56. The zero-order chi connectivity index (χ0) is 13.4. The smallest absolute Gasteiger partial charge is 0.269 e. The number of fused-ring (bicyclic) bond motifs is 1. The lowest BCUT2D eigenvalue weighted by Crippen LogP contribution is -2.01. The van der Waals surface area contributed by atoms with Gasteiger partial charge in [0, 0.05) is 24.1 Å². The third kappa shape index (κ3) is 1.97. The minimum atomic E-state index is -0.399. The molecule has 0 spiro atoms. The van der Waals surface area contributed by atoms with Crippen LogP contribution in [0.25, 0.3) is 5.57 Å². The quantitative estimate of drug-likeness (QED) is 0.596. The Balaban J connectivity index is 1.92. The van der Waals surface area contributed by atoms with Crippen LogP contribution in [0.4, 0.5) is 5.69 Å². The van der Waals surface area contributed by atoms with Gasteiger partial charge in [0.1, 0.15) is 11.5 Å². The van der Waals surface area contributed by atoms with Crippen molar-refractivity contribution < 1.29 is 9.66 Å². The summed E-state index contributed by atoms with van der Waals surface area (Å²) in [6, 6.07) is 6.53. The van der Waals surface area contributed by atoms with Crippen LogP contribution in [-0.4, -0.2) is 4.92 Å². The molecule has 1 aromatic rings. The normalized spacial score (nSPS) is 17.1. The molecule has 0 amide bonds. The minimum Gasteiger partial charge on any atom is -0.461 e. The Morgan fingerprint density at radius 1 is 1.16 bits per heavy atom. The van der Waals surface area contributed by atoms with E-state index in [1.54, 1.807) is 12.1 Å². The van der Waals surface area contributed by atoms with Gasteiger partial charge in [0.2, 0.25) is 0 Å². The Morgan fingerprint density at radius 3 is 2.58 bits per heavy atom. The van der Waals surface area contributed by atoms with Crippen LogP contribution in [0.2, 0.25) is 0 Å². The molecule has 0 atom stereocenters. The van der Waals surface area contributed by atoms with E-state index >= 15 is 0 Å². The molecule has 0 saturated heterocycles. The molecule has 0 saturated carbocycles. The van der Waals surface area contributed by atoms with E-state index in [0.29, 0.717) is 6.42 Å². The zero-order valence-corrected chi connectivity index (χ0v) is 10.1. The number of nitrogens with zero attached hydrogens (tertiary/aromatic N) is 1. The summed E-state index contributed by atoms with van der Waals surface area (Å²) in [6.07, 6.45) is 6.61. The molecule has 1 aliphatic heterocycles. The Labute approximate surface area is 110 Å². The summed E-state index contributed by atoms with van der Waals surface area (Å²) in [5.41, 5.74) is 3.09. The lowest BCUT2D eigenvalue weighted by atomic mass is 9.98. The molecule has 0 fully saturated rings. The van der Waals surface area contributed by atoms with Crippen molar-refractivity contribution in [3.63, 3.8) is 0 Å². The van der Waals surface area contributed by atoms with Crippen LogP contribution in [0.1, 0.15) is 12.0 Å². The van der Waals surface area contributed by atoms with Gasteiger partial charge in [-0.2, -0.15) is 0 Å². The number of benzene rings is 1. The lowest BCUT2D eigenvalue weighted by Gasteiger charge is -2.18. The van der Waals surface area contributed by atoms with Crippen molar-refractivity contribution in [1.29, 1.82) is 0 Å². The number of ether oxygens (including phenoxy) is 1. The fourth-order valence-corrected chi connectivity index (χ4v) is 2.20. The largest absolute Gasteiger partial charge is 0.461 e. The molecule has 0 radical (unpaired) electrons. The maximum atomic E-state index is 10.6. The third-order valence-corrected chi connectivity index (χ3v) is 3.13. The van der Waals surface area contributed by atoms with Crippen molar-refractivity contribution >= 4 is 11.3 Å². The molecule has 3 rings (SSSR count). The van der Waals surface area contributed by atoms with Crippen LogP contribution in [0, 0.1) is 10.1 Å². The van der Waals surface area contributed by atoms with Crippen molar-refractivity contribution in [2.75, 3.05) is 0 Å². The van der Waals surface area contributed by atoms with Crippen molar-refractivity contribution in [3.8, 4) is 0 Å². The number of hydrogen-bond acceptors (Lipinski definition) is 3. The second-order valence-corrected chi connectivity index (χ2v) is 4.38. The molecule has 0 N–H and O–H groups in total. The summed E-state index contributed by atoms with van der Waals surface area (Å²) >= 11 is 0. The molecule has 4 heteroatoms. The molecular weight excluding hydrogens is 242 g/mol. The average Bonchev–Trinajstić information content (AvgIpc) is 2.81. The van der Waals surface area contributed by atoms with Crippen molar-refractivity contribution in [2.45, 2.75) is 6.42 Å². The molecular formula is C15H11NO3. The van der Waals surface area contributed by atoms with Crippen LogP contribution < -0.4 is 0 Å². The number of nitro groups is 1. The molecule has 1 heterocycles. The Morgan fingerprint density at radius 2 is 1.89 bits per heavy atom. The predicted octanol–water partition coefficient (Wildman–Crippen LogP) is 3.74. The van der Waals surface area contributed by atoms with Gasteiger partial charge in [-0.05, 0) is 35.4 Å². The van der Waals surface area contributed by atoms with E-state index in [-0.39, 0.29) is 5.69 Å². The highest BCUT2D eigenvalue weighted by Gasteiger charge is 2.22. The highest BCUT2D eigenvalue weighted by atomic mass is 16.6. The number of allylic oxidation sites excluding steroid dienone is 4. The summed E-state index contributed by atoms with van der Waals surface area (Å²) in [5, 5.41) is 10.6. The zero-order valence-electron chi connectivity index (χ0n) is 10.1. The molecule has 4 nitrogen and oxygen atoms in total. The van der Waals surface area contributed by atoms with Crippen LogP contribution in [-0.2, 0) is 4.74 Å². The fourth-order valence-electron chi connectivity index (χ4n) is 2.20. The summed E-state index contributed by atoms with van der Waals surface area (Å²) in [6.45, 7) is 3.80. The monoisotopic (exact) mass is 253 g/mol. The fraction of sp³-hybridized carbons (Fsp3) is 0.0667. The first-order valence-corrected chi connectivity index (χ1v) is 5.88. The van der Waals surface area contributed by atoms with E-state index in [9.17, 15) is 10.1 Å². The first-order valence-electron chi connectivity index (χ1n) is 5.88. The van der Waals surface area contributed by atoms with Gasteiger partial charge < -0.3 is 4.74 Å². The highest BCUT2D eigenvalue weighted by Crippen LogP contribution is 2.39. The van der Waals surface area contributed by atoms with E-state index in [2.05, 4.69) is 12.7 Å². The molecule has 0 unspecified atom stereocenters. The summed E-state index contributed by atoms with van der Waals surface area (Å²) in [4.78, 5) is 10.2. The number of hydrogen-bond donors (Lipinski definition) is 0. The second kappa shape index (κ2) is 4.24. The number of rotatable bonds is 2. The maximum absolute atomic E-state index is 10.6. The molecule has 1 aliphatic carbocycles. The van der Waals surface area contributed by atoms with Gasteiger partial charge in [-0.1, -0.05) is 12.7 Å². The van der Waals surface area contributed by atoms with Gasteiger partial charge in [0.15, 0.2) is 0 Å². The van der Waals surface area contributed by atoms with Crippen LogP contribution >= 0.6 is 0 Å². The Bertz CT molecular complexity index is 663. The van der Waals surface area contributed by atoms with Gasteiger partial charge in [0.05, 0.1) is 4.92 Å². The summed E-state index contributed by atoms with van der Waals surface area (Å²) in [7, 11) is 0. The highest BCUT2D eigenvalue weighted by molar-refractivity contribution is 5.88. The SMILES string of the molecule is C=C1CC=C2C(=CC=C2c2ccc([N+](=O)[O-])cc2)O1. The Hall–Kier alpha value is -2.62. The first-order chi connectivity index (χ1) is 9.15. The van der Waals surface area contributed by atoms with Gasteiger partial charge in [0.25, 0.3) is 5.69 Å². The van der Waals surface area contributed by atoms with Crippen molar-refractivity contribution in [1.82, 2.24) is 0 Å². The molecule has 1 aromatic carbocycles. The van der Waals surface area contributed by atoms with Gasteiger partial charge in [-0.15, -0.1) is 0 Å². The van der Waals surface area contributed by atoms with Crippen LogP contribution in [0.5, 0.6) is 0 Å². The second-order valence-electron chi connectivity index (χ2n) is 4.38. The van der Waals surface area contributed by atoms with Gasteiger partial charge in [-0.25, -0.2) is 0 Å². The molecule has 0 bridgehead atoms. The van der Waals surface area contributed by atoms with Gasteiger partial charge >= 0.3 is 0 Å². The molecule has 19 heavy (non-hydrogen) atoms. The standard InChI is InChI=1S/C15H11NO3/c1-10-2-7-14-13(8-9-15(14)19-10)11-3-5-12(6-4-11)16(17)18/h3-9H,1-2H2. The summed E-state index contributed by atoms with van der Waals surface area (Å²) in [5.74, 6) is 1.53. The lowest BCUT2D eigenvalue weighted by molar-refractivity contribution is -0.384. The predicted molar refractivity (Wildman–Crippen MR) is 72.1 cm³/mol. The van der Waals surface area contributed by atoms with Crippen molar-refractivity contribution in [3.05, 3.63) is 81.8 Å². The van der Waals surface area contributed by atoms with E-state index in [0.717, 1.165) is 28.2 Å². The van der Waals surface area contributed by atoms with Crippen LogP contribution in [0.15, 0.2) is 66.2 Å². The number of non-ortho nitro benzene ring substituents is 1. The van der Waals surface area contributed by atoms with E-state index in [1.807, 2.05) is 12.2 Å². The van der Waals surface area contributed by atoms with Crippen molar-refractivity contribution in [2.24, 2.45) is 0 Å². The van der Waals surface area contributed by atoms with E-state index < -0.39 is 4.92 Å². The van der Waals surface area contributed by atoms with E-state index in [4.69, 9.17) is 4.74 Å². The first kappa shape index (κ1) is 11.5. The third-order valence-electron chi connectivity index (χ3n) is 3.13. The molecule has 0 aromatic heterocycles. The van der Waals surface area contributed by atoms with E-state index in [1.165, 1.54) is 12.1 Å².